The fourth-order valence-corrected chi connectivity index (χ4v) is 1.53. The van der Waals surface area contributed by atoms with Gasteiger partial charge in [0.15, 0.2) is 0 Å². The van der Waals surface area contributed by atoms with Crippen molar-refractivity contribution < 1.29 is 9.53 Å². The molecule has 1 N–H and O–H groups in total. The molecule has 0 amide bonds. The number of benzene rings is 1. The molecule has 1 rings (SSSR count). The summed E-state index contributed by atoms with van der Waals surface area (Å²) in [5, 5.41) is 3.80. The van der Waals surface area contributed by atoms with Gasteiger partial charge in [0.25, 0.3) is 0 Å². The number of rotatable bonds is 4. The van der Waals surface area contributed by atoms with Gasteiger partial charge in [0, 0.05) is 11.1 Å². The second kappa shape index (κ2) is 5.87. The van der Waals surface area contributed by atoms with Crippen LogP contribution in [0.3, 0.4) is 0 Å². The third kappa shape index (κ3) is 3.51. The van der Waals surface area contributed by atoms with E-state index < -0.39 is 6.04 Å². The number of ether oxygens (including phenoxy) is 1. The molecular weight excluding hydrogens is 226 g/mol. The summed E-state index contributed by atoms with van der Waals surface area (Å²) in [6.07, 6.45) is 0. The molecule has 0 fully saturated rings. The molecule has 1 atom stereocenters. The highest BCUT2D eigenvalue weighted by Gasteiger charge is 2.21. The molecule has 3 nitrogen and oxygen atoms in total. The monoisotopic (exact) mass is 241 g/mol. The molecule has 0 bridgehead atoms. The lowest BCUT2D eigenvalue weighted by Crippen LogP contribution is -2.34. The lowest BCUT2D eigenvalue weighted by Gasteiger charge is -2.19. The number of esters is 1. The molecule has 0 aliphatic rings. The van der Waals surface area contributed by atoms with Crippen molar-refractivity contribution in [1.82, 2.24) is 5.32 Å². The second-order valence-electron chi connectivity index (χ2n) is 3.83. The number of hydrogen-bond acceptors (Lipinski definition) is 3. The van der Waals surface area contributed by atoms with Crippen LogP contribution >= 0.6 is 11.6 Å². The van der Waals surface area contributed by atoms with E-state index in [4.69, 9.17) is 16.3 Å². The first-order valence-corrected chi connectivity index (χ1v) is 5.51. The summed E-state index contributed by atoms with van der Waals surface area (Å²) in [5.74, 6) is -0.295. The molecular formula is C12H16ClNO2. The Morgan fingerprint density at radius 1 is 1.31 bits per heavy atom. The molecule has 0 aliphatic heterocycles. The summed E-state index contributed by atoms with van der Waals surface area (Å²) in [6.45, 7) is 3.96. The zero-order chi connectivity index (χ0) is 12.1. The van der Waals surface area contributed by atoms with E-state index in [1.165, 1.54) is 7.11 Å². The minimum atomic E-state index is -0.442. The molecule has 0 spiro atoms. The van der Waals surface area contributed by atoms with Crippen molar-refractivity contribution >= 4 is 17.6 Å². The van der Waals surface area contributed by atoms with Gasteiger partial charge in [-0.1, -0.05) is 23.7 Å². The molecule has 0 heterocycles. The Bertz CT molecular complexity index is 349. The second-order valence-corrected chi connectivity index (χ2v) is 4.27. The van der Waals surface area contributed by atoms with Gasteiger partial charge in [0.1, 0.15) is 6.04 Å². The maximum Gasteiger partial charge on any atom is 0.327 e. The molecule has 1 aromatic carbocycles. The first-order chi connectivity index (χ1) is 7.54. The molecule has 0 radical (unpaired) electrons. The smallest absolute Gasteiger partial charge is 0.327 e. The minimum Gasteiger partial charge on any atom is -0.468 e. The van der Waals surface area contributed by atoms with Gasteiger partial charge < -0.3 is 4.74 Å². The van der Waals surface area contributed by atoms with Crippen LogP contribution in [0.2, 0.25) is 5.02 Å². The highest BCUT2D eigenvalue weighted by atomic mass is 35.5. The number of methoxy groups -OCH3 is 1. The van der Waals surface area contributed by atoms with E-state index >= 15 is 0 Å². The maximum absolute atomic E-state index is 11.6. The summed E-state index contributed by atoms with van der Waals surface area (Å²) in [7, 11) is 1.38. The van der Waals surface area contributed by atoms with Crippen LogP contribution in [0.5, 0.6) is 0 Å². The third-order valence-electron chi connectivity index (χ3n) is 2.14. The molecule has 4 heteroatoms. The Balaban J connectivity index is 2.91. The van der Waals surface area contributed by atoms with Gasteiger partial charge in [-0.25, -0.2) is 4.79 Å². The van der Waals surface area contributed by atoms with Crippen LogP contribution in [0, 0.1) is 0 Å². The van der Waals surface area contributed by atoms with Crippen molar-refractivity contribution in [3.63, 3.8) is 0 Å². The Labute approximate surface area is 101 Å². The average molecular weight is 242 g/mol. The van der Waals surface area contributed by atoms with Crippen LogP contribution in [0.25, 0.3) is 0 Å². The summed E-state index contributed by atoms with van der Waals surface area (Å²) in [4.78, 5) is 11.6. The van der Waals surface area contributed by atoms with Crippen LogP contribution in [0.15, 0.2) is 24.3 Å². The van der Waals surface area contributed by atoms with Crippen molar-refractivity contribution in [2.45, 2.75) is 25.9 Å². The highest BCUT2D eigenvalue weighted by molar-refractivity contribution is 6.30. The van der Waals surface area contributed by atoms with E-state index in [1.54, 1.807) is 12.1 Å². The standard InChI is InChI=1S/C12H16ClNO2/c1-8(2)14-11(12(15)16-3)9-4-6-10(13)7-5-9/h4-8,11,14H,1-3H3. The lowest BCUT2D eigenvalue weighted by atomic mass is 10.1. The largest absolute Gasteiger partial charge is 0.468 e. The third-order valence-corrected chi connectivity index (χ3v) is 2.39. The van der Waals surface area contributed by atoms with E-state index in [2.05, 4.69) is 5.32 Å². The zero-order valence-corrected chi connectivity index (χ0v) is 10.4. The van der Waals surface area contributed by atoms with Gasteiger partial charge in [0.2, 0.25) is 0 Å². The van der Waals surface area contributed by atoms with Crippen molar-refractivity contribution in [3.8, 4) is 0 Å². The quantitative estimate of drug-likeness (QED) is 0.824. The average Bonchev–Trinajstić information content (AvgIpc) is 2.26. The van der Waals surface area contributed by atoms with Crippen molar-refractivity contribution in [3.05, 3.63) is 34.9 Å². The lowest BCUT2D eigenvalue weighted by molar-refractivity contribution is -0.143. The molecule has 16 heavy (non-hydrogen) atoms. The molecule has 1 aromatic rings. The van der Waals surface area contributed by atoms with Crippen molar-refractivity contribution in [2.75, 3.05) is 7.11 Å². The van der Waals surface area contributed by atoms with Crippen LogP contribution in [0.4, 0.5) is 0 Å². The molecule has 88 valence electrons. The van der Waals surface area contributed by atoms with Crippen molar-refractivity contribution in [1.29, 1.82) is 0 Å². The van der Waals surface area contributed by atoms with Crippen LogP contribution in [0.1, 0.15) is 25.5 Å². The fourth-order valence-electron chi connectivity index (χ4n) is 1.41. The number of carbonyl (C=O) groups excluding carboxylic acids is 1. The number of halogens is 1. The first-order valence-electron chi connectivity index (χ1n) is 5.14. The normalized spacial score (nSPS) is 12.6. The summed E-state index contributed by atoms with van der Waals surface area (Å²) in [6, 6.07) is 6.91. The SMILES string of the molecule is COC(=O)C(NC(C)C)c1ccc(Cl)cc1. The van der Waals surface area contributed by atoms with Crippen LogP contribution in [-0.2, 0) is 9.53 Å². The fraction of sp³-hybridized carbons (Fsp3) is 0.417. The van der Waals surface area contributed by atoms with Crippen LogP contribution in [-0.4, -0.2) is 19.1 Å². The number of nitrogens with one attached hydrogen (secondary N) is 1. The van der Waals surface area contributed by atoms with Crippen molar-refractivity contribution in [2.24, 2.45) is 0 Å². The predicted octanol–water partition coefficient (Wildman–Crippen LogP) is 2.55. The van der Waals surface area contributed by atoms with E-state index in [9.17, 15) is 4.79 Å². The minimum absolute atomic E-state index is 0.194. The van der Waals surface area contributed by atoms with Gasteiger partial charge in [-0.15, -0.1) is 0 Å². The molecule has 0 saturated heterocycles. The number of carbonyl (C=O) groups is 1. The predicted molar refractivity (Wildman–Crippen MR) is 64.5 cm³/mol. The van der Waals surface area contributed by atoms with Gasteiger partial charge >= 0.3 is 5.97 Å². The van der Waals surface area contributed by atoms with Gasteiger partial charge in [-0.3, -0.25) is 5.32 Å². The maximum atomic E-state index is 11.6. The molecule has 0 aromatic heterocycles. The highest BCUT2D eigenvalue weighted by Crippen LogP contribution is 2.18. The van der Waals surface area contributed by atoms with E-state index in [0.717, 1.165) is 5.56 Å². The van der Waals surface area contributed by atoms with E-state index in [1.807, 2.05) is 26.0 Å². The molecule has 0 saturated carbocycles. The summed E-state index contributed by atoms with van der Waals surface area (Å²) in [5.41, 5.74) is 0.852. The number of hydrogen-bond donors (Lipinski definition) is 1. The van der Waals surface area contributed by atoms with E-state index in [-0.39, 0.29) is 12.0 Å². The van der Waals surface area contributed by atoms with Crippen LogP contribution < -0.4 is 5.32 Å². The summed E-state index contributed by atoms with van der Waals surface area (Å²) < 4.78 is 4.76. The van der Waals surface area contributed by atoms with E-state index in [0.29, 0.717) is 5.02 Å². The Morgan fingerprint density at radius 3 is 2.31 bits per heavy atom. The topological polar surface area (TPSA) is 38.3 Å². The van der Waals surface area contributed by atoms with Gasteiger partial charge in [0.05, 0.1) is 7.11 Å². The summed E-state index contributed by atoms with van der Waals surface area (Å²) >= 11 is 5.80. The Kier molecular flexibility index (Phi) is 4.77. The molecule has 0 aliphatic carbocycles. The van der Waals surface area contributed by atoms with Gasteiger partial charge in [-0.05, 0) is 31.5 Å². The molecule has 1 unspecified atom stereocenters. The zero-order valence-electron chi connectivity index (χ0n) is 9.66. The Morgan fingerprint density at radius 2 is 1.88 bits per heavy atom. The Hall–Kier alpha value is -1.06. The van der Waals surface area contributed by atoms with Gasteiger partial charge in [-0.2, -0.15) is 0 Å². The first kappa shape index (κ1) is 13.0.